The molecule has 0 heterocycles. The first-order chi connectivity index (χ1) is 9.43. The highest BCUT2D eigenvalue weighted by atomic mass is 19.1. The number of rotatable bonds is 4. The van der Waals surface area contributed by atoms with Crippen molar-refractivity contribution in [3.63, 3.8) is 0 Å². The summed E-state index contributed by atoms with van der Waals surface area (Å²) in [5, 5.41) is 0. The Balaban J connectivity index is 3.11. The van der Waals surface area contributed by atoms with Gasteiger partial charge in [-0.25, -0.2) is 4.39 Å². The molecular weight excluding hydrogens is 267 g/mol. The summed E-state index contributed by atoms with van der Waals surface area (Å²) in [6.07, 6.45) is 0.326. The van der Waals surface area contributed by atoms with Crippen molar-refractivity contribution in [3.05, 3.63) is 35.6 Å². The summed E-state index contributed by atoms with van der Waals surface area (Å²) in [4.78, 5) is 25.3. The molecule has 0 spiro atoms. The Bertz CT molecular complexity index is 490. The third-order valence-corrected chi connectivity index (χ3v) is 3.46. The number of benzene rings is 1. The van der Waals surface area contributed by atoms with E-state index in [0.29, 0.717) is 6.42 Å². The molecule has 0 aromatic heterocycles. The van der Waals surface area contributed by atoms with Crippen LogP contribution in [0.5, 0.6) is 0 Å². The fraction of sp³-hybridized carbons (Fsp3) is 0.556. The summed E-state index contributed by atoms with van der Waals surface area (Å²) >= 11 is 0. The molecule has 0 aliphatic heterocycles. The van der Waals surface area contributed by atoms with Crippen LogP contribution in [0, 0.1) is 22.6 Å². The van der Waals surface area contributed by atoms with Gasteiger partial charge < -0.3 is 0 Å². The van der Waals surface area contributed by atoms with Crippen LogP contribution in [0.2, 0.25) is 0 Å². The molecule has 3 heteroatoms. The summed E-state index contributed by atoms with van der Waals surface area (Å²) < 4.78 is 13.0. The van der Waals surface area contributed by atoms with Gasteiger partial charge in [0.1, 0.15) is 17.4 Å². The molecule has 0 aliphatic rings. The summed E-state index contributed by atoms with van der Waals surface area (Å²) in [5.74, 6) is -1.13. The van der Waals surface area contributed by atoms with Crippen LogP contribution in [-0.2, 0) is 16.0 Å². The van der Waals surface area contributed by atoms with Crippen LogP contribution in [-0.4, -0.2) is 11.6 Å². The predicted octanol–water partition coefficient (Wildman–Crippen LogP) is 4.21. The van der Waals surface area contributed by atoms with Crippen molar-refractivity contribution in [1.29, 1.82) is 0 Å². The second kappa shape index (κ2) is 6.08. The van der Waals surface area contributed by atoms with E-state index in [4.69, 9.17) is 0 Å². The van der Waals surface area contributed by atoms with Crippen molar-refractivity contribution < 1.29 is 14.0 Å². The molecule has 0 fully saturated rings. The first kappa shape index (κ1) is 17.5. The van der Waals surface area contributed by atoms with Gasteiger partial charge in [0, 0.05) is 10.8 Å². The number of hydrogen-bond acceptors (Lipinski definition) is 2. The minimum absolute atomic E-state index is 0.0632. The van der Waals surface area contributed by atoms with Crippen molar-refractivity contribution in [2.24, 2.45) is 16.7 Å². The SMILES string of the molecule is CC(C)(C)C(=O)C(Cc1ccc(F)cc1)C(=O)C(C)(C)C. The van der Waals surface area contributed by atoms with Crippen molar-refractivity contribution in [2.45, 2.75) is 48.0 Å². The molecule has 0 unspecified atom stereocenters. The topological polar surface area (TPSA) is 34.1 Å². The molecule has 0 radical (unpaired) electrons. The van der Waals surface area contributed by atoms with E-state index in [1.54, 1.807) is 12.1 Å². The third-order valence-electron chi connectivity index (χ3n) is 3.46. The lowest BCUT2D eigenvalue weighted by Gasteiger charge is -2.28. The fourth-order valence-electron chi connectivity index (χ4n) is 2.21. The Kier molecular flexibility index (Phi) is 5.08. The summed E-state index contributed by atoms with van der Waals surface area (Å²) in [6.45, 7) is 10.9. The Morgan fingerprint density at radius 3 is 1.62 bits per heavy atom. The van der Waals surface area contributed by atoms with Crippen LogP contribution in [0.1, 0.15) is 47.1 Å². The van der Waals surface area contributed by atoms with Crippen molar-refractivity contribution in [2.75, 3.05) is 0 Å². The molecule has 1 rings (SSSR count). The first-order valence-electron chi connectivity index (χ1n) is 7.26. The highest BCUT2D eigenvalue weighted by molar-refractivity contribution is 6.06. The second-order valence-electron chi connectivity index (χ2n) is 7.61. The van der Waals surface area contributed by atoms with Gasteiger partial charge in [0.05, 0.1) is 5.92 Å². The predicted molar refractivity (Wildman–Crippen MR) is 82.5 cm³/mol. The monoisotopic (exact) mass is 292 g/mol. The quantitative estimate of drug-likeness (QED) is 0.779. The molecule has 0 bridgehead atoms. The normalized spacial score (nSPS) is 12.6. The van der Waals surface area contributed by atoms with E-state index in [1.165, 1.54) is 12.1 Å². The molecule has 2 nitrogen and oxygen atoms in total. The molecule has 116 valence electrons. The van der Waals surface area contributed by atoms with Gasteiger partial charge in [0.15, 0.2) is 0 Å². The Labute approximate surface area is 126 Å². The number of ketones is 2. The summed E-state index contributed by atoms with van der Waals surface area (Å²) in [5.41, 5.74) is -0.353. The number of halogens is 1. The van der Waals surface area contributed by atoms with Crippen molar-refractivity contribution >= 4 is 11.6 Å². The van der Waals surface area contributed by atoms with Crippen molar-refractivity contribution in [3.8, 4) is 0 Å². The van der Waals surface area contributed by atoms with Gasteiger partial charge in [-0.3, -0.25) is 9.59 Å². The van der Waals surface area contributed by atoms with Crippen LogP contribution in [0.15, 0.2) is 24.3 Å². The molecule has 1 aromatic carbocycles. The minimum Gasteiger partial charge on any atom is -0.298 e. The van der Waals surface area contributed by atoms with Gasteiger partial charge in [0.25, 0.3) is 0 Å². The average Bonchev–Trinajstić information content (AvgIpc) is 2.34. The molecule has 0 saturated heterocycles. The molecule has 21 heavy (non-hydrogen) atoms. The lowest BCUT2D eigenvalue weighted by molar-refractivity contribution is -0.141. The fourth-order valence-corrected chi connectivity index (χ4v) is 2.21. The number of carbonyl (C=O) groups is 2. The second-order valence-corrected chi connectivity index (χ2v) is 7.61. The first-order valence-corrected chi connectivity index (χ1v) is 7.26. The maximum atomic E-state index is 13.0. The molecule has 0 atom stereocenters. The zero-order valence-electron chi connectivity index (χ0n) is 13.8. The van der Waals surface area contributed by atoms with E-state index < -0.39 is 16.7 Å². The van der Waals surface area contributed by atoms with E-state index in [9.17, 15) is 14.0 Å². The molecule has 0 saturated carbocycles. The molecule has 0 N–H and O–H groups in total. The summed E-state index contributed by atoms with van der Waals surface area (Å²) in [6, 6.07) is 5.98. The molecule has 1 aromatic rings. The average molecular weight is 292 g/mol. The summed E-state index contributed by atoms with van der Waals surface area (Å²) in [7, 11) is 0. The van der Waals surface area contributed by atoms with Gasteiger partial charge >= 0.3 is 0 Å². The molecule has 0 amide bonds. The third kappa shape index (κ3) is 4.76. The molecule has 0 aliphatic carbocycles. The van der Waals surface area contributed by atoms with E-state index in [0.717, 1.165) is 5.56 Å². The Morgan fingerprint density at radius 1 is 0.905 bits per heavy atom. The molecular formula is C18H25FO2. The van der Waals surface area contributed by atoms with E-state index >= 15 is 0 Å². The number of Topliss-reactive ketones (excluding diaryl/α,β-unsaturated/α-hetero) is 2. The number of hydrogen-bond donors (Lipinski definition) is 0. The van der Waals surface area contributed by atoms with Gasteiger partial charge in [-0.2, -0.15) is 0 Å². The van der Waals surface area contributed by atoms with E-state index in [-0.39, 0.29) is 17.4 Å². The highest BCUT2D eigenvalue weighted by Crippen LogP contribution is 2.29. The van der Waals surface area contributed by atoms with E-state index in [2.05, 4.69) is 0 Å². The zero-order chi connectivity index (χ0) is 16.4. The zero-order valence-corrected chi connectivity index (χ0v) is 13.8. The minimum atomic E-state index is -0.685. The van der Waals surface area contributed by atoms with Gasteiger partial charge in [0.2, 0.25) is 0 Å². The standard InChI is InChI=1S/C18H25FO2/c1-17(2,3)15(20)14(16(21)18(4,5)6)11-12-7-9-13(19)10-8-12/h7-10,14H,11H2,1-6H3. The van der Waals surface area contributed by atoms with Crippen LogP contribution >= 0.6 is 0 Å². The van der Waals surface area contributed by atoms with Crippen LogP contribution in [0.25, 0.3) is 0 Å². The van der Waals surface area contributed by atoms with Gasteiger partial charge in [-0.15, -0.1) is 0 Å². The highest BCUT2D eigenvalue weighted by Gasteiger charge is 2.39. The maximum absolute atomic E-state index is 13.0. The van der Waals surface area contributed by atoms with Crippen molar-refractivity contribution in [1.82, 2.24) is 0 Å². The van der Waals surface area contributed by atoms with E-state index in [1.807, 2.05) is 41.5 Å². The van der Waals surface area contributed by atoms with Gasteiger partial charge in [-0.1, -0.05) is 53.7 Å². The van der Waals surface area contributed by atoms with Gasteiger partial charge in [-0.05, 0) is 24.1 Å². The Morgan fingerprint density at radius 2 is 1.29 bits per heavy atom. The van der Waals surface area contributed by atoms with Crippen LogP contribution in [0.3, 0.4) is 0 Å². The lowest BCUT2D eigenvalue weighted by Crippen LogP contribution is -2.40. The maximum Gasteiger partial charge on any atom is 0.148 e. The van der Waals surface area contributed by atoms with Crippen LogP contribution in [0.4, 0.5) is 4.39 Å². The lowest BCUT2D eigenvalue weighted by atomic mass is 9.72. The smallest absolute Gasteiger partial charge is 0.148 e. The Hall–Kier alpha value is -1.51. The van der Waals surface area contributed by atoms with Crippen LogP contribution < -0.4 is 0 Å². The number of carbonyl (C=O) groups excluding carboxylic acids is 2. The largest absolute Gasteiger partial charge is 0.298 e.